The number of hydrogen-bond acceptors (Lipinski definition) is 4. The predicted octanol–water partition coefficient (Wildman–Crippen LogP) is 1.16. The second kappa shape index (κ2) is 9.64. The van der Waals surface area contributed by atoms with Gasteiger partial charge in [0.1, 0.15) is 5.82 Å². The first-order chi connectivity index (χ1) is 9.49. The van der Waals surface area contributed by atoms with E-state index in [0.29, 0.717) is 18.7 Å². The van der Waals surface area contributed by atoms with Gasteiger partial charge < -0.3 is 5.32 Å². The van der Waals surface area contributed by atoms with E-state index >= 15 is 0 Å². The quantitative estimate of drug-likeness (QED) is 0.812. The first-order valence-electron chi connectivity index (χ1n) is 6.68. The highest BCUT2D eigenvalue weighted by Crippen LogP contribution is 2.15. The van der Waals surface area contributed by atoms with Gasteiger partial charge in [-0.25, -0.2) is 17.5 Å². The highest BCUT2D eigenvalue weighted by atomic mass is 35.5. The molecule has 0 aromatic heterocycles. The fourth-order valence-corrected chi connectivity index (χ4v) is 3.49. The van der Waals surface area contributed by atoms with E-state index in [1.165, 1.54) is 12.1 Å². The third-order valence-electron chi connectivity index (χ3n) is 3.37. The highest BCUT2D eigenvalue weighted by molar-refractivity contribution is 7.89. The molecule has 0 aliphatic carbocycles. The summed E-state index contributed by atoms with van der Waals surface area (Å²) in [6.07, 6.45) is 0. The van der Waals surface area contributed by atoms with Crippen molar-refractivity contribution in [2.24, 2.45) is 0 Å². The van der Waals surface area contributed by atoms with E-state index < -0.39 is 15.8 Å². The monoisotopic (exact) mass is 373 g/mol. The van der Waals surface area contributed by atoms with Crippen molar-refractivity contribution < 1.29 is 12.8 Å². The van der Waals surface area contributed by atoms with Crippen LogP contribution in [0, 0.1) is 12.7 Å². The molecule has 0 spiro atoms. The van der Waals surface area contributed by atoms with Gasteiger partial charge in [-0.05, 0) is 24.6 Å². The van der Waals surface area contributed by atoms with E-state index in [0.717, 1.165) is 32.2 Å². The summed E-state index contributed by atoms with van der Waals surface area (Å²) in [5.41, 5.74) is 0.543. The first-order valence-corrected chi connectivity index (χ1v) is 8.16. The standard InChI is InChI=1S/C13H20FN3O2S.2ClH/c1-11-2-3-12(14)10-13(11)20(18,19)16-6-9-17-7-4-15-5-8-17;;/h2-3,10,15-16H,4-9H2,1H3;2*1H. The maximum absolute atomic E-state index is 13.2. The van der Waals surface area contributed by atoms with Gasteiger partial charge in [-0.15, -0.1) is 24.8 Å². The average molecular weight is 374 g/mol. The molecule has 0 amide bonds. The topological polar surface area (TPSA) is 61.4 Å². The fourth-order valence-electron chi connectivity index (χ4n) is 2.21. The minimum absolute atomic E-state index is 0. The zero-order valence-electron chi connectivity index (χ0n) is 12.3. The van der Waals surface area contributed by atoms with Crippen LogP contribution in [0.2, 0.25) is 0 Å². The number of nitrogens with zero attached hydrogens (tertiary/aromatic N) is 1. The van der Waals surface area contributed by atoms with Crippen LogP contribution in [0.25, 0.3) is 0 Å². The van der Waals surface area contributed by atoms with Crippen molar-refractivity contribution in [3.05, 3.63) is 29.6 Å². The van der Waals surface area contributed by atoms with Crippen molar-refractivity contribution in [3.63, 3.8) is 0 Å². The summed E-state index contributed by atoms with van der Waals surface area (Å²) in [7, 11) is -3.65. The number of sulfonamides is 1. The number of aryl methyl sites for hydroxylation is 1. The number of nitrogens with one attached hydrogen (secondary N) is 2. The minimum atomic E-state index is -3.65. The summed E-state index contributed by atoms with van der Waals surface area (Å²) in [5, 5.41) is 3.24. The van der Waals surface area contributed by atoms with E-state index in [1.807, 2.05) is 0 Å². The molecule has 9 heteroatoms. The Morgan fingerprint density at radius 1 is 1.27 bits per heavy atom. The first kappa shape index (κ1) is 21.6. The third kappa shape index (κ3) is 5.98. The number of piperazine rings is 1. The van der Waals surface area contributed by atoms with Crippen molar-refractivity contribution in [2.75, 3.05) is 39.3 Å². The van der Waals surface area contributed by atoms with Gasteiger partial charge in [0.05, 0.1) is 4.90 Å². The molecular weight excluding hydrogens is 352 g/mol. The van der Waals surface area contributed by atoms with Crippen molar-refractivity contribution in [1.29, 1.82) is 0 Å². The molecule has 128 valence electrons. The molecule has 1 heterocycles. The Labute approximate surface area is 143 Å². The number of rotatable bonds is 5. The molecule has 1 fully saturated rings. The average Bonchev–Trinajstić information content (AvgIpc) is 2.42. The highest BCUT2D eigenvalue weighted by Gasteiger charge is 2.18. The van der Waals surface area contributed by atoms with Crippen LogP contribution < -0.4 is 10.0 Å². The molecule has 2 rings (SSSR count). The van der Waals surface area contributed by atoms with E-state index in [1.54, 1.807) is 6.92 Å². The van der Waals surface area contributed by atoms with Crippen LogP contribution in [0.5, 0.6) is 0 Å². The maximum atomic E-state index is 13.2. The molecule has 22 heavy (non-hydrogen) atoms. The van der Waals surface area contributed by atoms with Crippen LogP contribution in [-0.4, -0.2) is 52.6 Å². The summed E-state index contributed by atoms with van der Waals surface area (Å²) in [6, 6.07) is 3.79. The lowest BCUT2D eigenvalue weighted by atomic mass is 10.2. The molecule has 0 radical (unpaired) electrons. The second-order valence-electron chi connectivity index (χ2n) is 4.90. The molecule has 5 nitrogen and oxygen atoms in total. The molecule has 0 bridgehead atoms. The van der Waals surface area contributed by atoms with Gasteiger partial charge in [-0.2, -0.15) is 0 Å². The van der Waals surface area contributed by atoms with Gasteiger partial charge in [0.15, 0.2) is 0 Å². The lowest BCUT2D eigenvalue weighted by Crippen LogP contribution is -2.46. The van der Waals surface area contributed by atoms with Crippen molar-refractivity contribution in [3.8, 4) is 0 Å². The zero-order valence-corrected chi connectivity index (χ0v) is 14.8. The van der Waals surface area contributed by atoms with E-state index in [2.05, 4.69) is 14.9 Å². The number of halogens is 3. The van der Waals surface area contributed by atoms with Crippen molar-refractivity contribution >= 4 is 34.8 Å². The number of benzene rings is 1. The SMILES string of the molecule is Cc1ccc(F)cc1S(=O)(=O)NCCN1CCNCC1.Cl.Cl. The van der Waals surface area contributed by atoms with E-state index in [9.17, 15) is 12.8 Å². The number of hydrogen-bond donors (Lipinski definition) is 2. The van der Waals surface area contributed by atoms with E-state index in [-0.39, 0.29) is 29.7 Å². The largest absolute Gasteiger partial charge is 0.314 e. The summed E-state index contributed by atoms with van der Waals surface area (Å²) in [6.45, 7) is 6.34. The van der Waals surface area contributed by atoms with Gasteiger partial charge in [0.25, 0.3) is 0 Å². The Morgan fingerprint density at radius 2 is 1.91 bits per heavy atom. The van der Waals surface area contributed by atoms with Crippen molar-refractivity contribution in [1.82, 2.24) is 14.9 Å². The van der Waals surface area contributed by atoms with Crippen LogP contribution >= 0.6 is 24.8 Å². The zero-order chi connectivity index (χ0) is 14.6. The maximum Gasteiger partial charge on any atom is 0.240 e. The Balaban J connectivity index is 0.00000220. The summed E-state index contributed by atoms with van der Waals surface area (Å²) in [4.78, 5) is 2.20. The van der Waals surface area contributed by atoms with Crippen molar-refractivity contribution in [2.45, 2.75) is 11.8 Å². The molecule has 0 unspecified atom stereocenters. The lowest BCUT2D eigenvalue weighted by molar-refractivity contribution is 0.245. The van der Waals surface area contributed by atoms with Gasteiger partial charge in [-0.1, -0.05) is 6.07 Å². The minimum Gasteiger partial charge on any atom is -0.314 e. The van der Waals surface area contributed by atoms with Crippen LogP contribution in [0.15, 0.2) is 23.1 Å². The van der Waals surface area contributed by atoms with Crippen LogP contribution in [0.1, 0.15) is 5.56 Å². The fraction of sp³-hybridized carbons (Fsp3) is 0.538. The molecular formula is C13H22Cl2FN3O2S. The summed E-state index contributed by atoms with van der Waals surface area (Å²) >= 11 is 0. The smallest absolute Gasteiger partial charge is 0.240 e. The Morgan fingerprint density at radius 3 is 2.55 bits per heavy atom. The van der Waals surface area contributed by atoms with Crippen LogP contribution in [0.3, 0.4) is 0 Å². The molecule has 0 atom stereocenters. The normalized spacial score (nSPS) is 15.7. The van der Waals surface area contributed by atoms with Gasteiger partial charge >= 0.3 is 0 Å². The van der Waals surface area contributed by atoms with Gasteiger partial charge in [0, 0.05) is 39.3 Å². The van der Waals surface area contributed by atoms with Gasteiger partial charge in [0.2, 0.25) is 10.0 Å². The molecule has 0 saturated carbocycles. The van der Waals surface area contributed by atoms with Crippen LogP contribution in [0.4, 0.5) is 4.39 Å². The molecule has 1 aliphatic heterocycles. The summed E-state index contributed by atoms with van der Waals surface area (Å²) < 4.78 is 40.0. The van der Waals surface area contributed by atoms with Gasteiger partial charge in [-0.3, -0.25) is 4.90 Å². The third-order valence-corrected chi connectivity index (χ3v) is 4.97. The van der Waals surface area contributed by atoms with Crippen LogP contribution in [-0.2, 0) is 10.0 Å². The Hall–Kier alpha value is -0.440. The summed E-state index contributed by atoms with van der Waals surface area (Å²) in [5.74, 6) is -0.543. The van der Waals surface area contributed by atoms with E-state index in [4.69, 9.17) is 0 Å². The molecule has 1 aromatic rings. The Bertz CT molecular complexity index is 566. The molecule has 1 saturated heterocycles. The lowest BCUT2D eigenvalue weighted by Gasteiger charge is -2.27. The predicted molar refractivity (Wildman–Crippen MR) is 90.1 cm³/mol. The molecule has 2 N–H and O–H groups in total. The molecule has 1 aliphatic rings. The molecule has 1 aromatic carbocycles. The Kier molecular flexibility index (Phi) is 9.45. The second-order valence-corrected chi connectivity index (χ2v) is 6.63.